The molecule has 2 saturated heterocycles. The lowest BCUT2D eigenvalue weighted by Gasteiger charge is -2.37. The van der Waals surface area contributed by atoms with E-state index in [0.29, 0.717) is 26.1 Å². The van der Waals surface area contributed by atoms with Crippen LogP contribution in [-0.4, -0.2) is 56.5 Å². The molecule has 0 unspecified atom stereocenters. The standard InChI is InChI=1S/C24H29N3O3/c1-3-18-8-10-20(11-9-18)27-17-19(16-23(27)28)24(29)26-14-12-25(13-15-26)21-6-4-5-7-22(21)30-2/h4-11,19H,3,12-17H2,1-2H3/t19-/m0/s1. The molecular weight excluding hydrogens is 378 g/mol. The van der Waals surface area contributed by atoms with Gasteiger partial charge < -0.3 is 19.4 Å². The maximum Gasteiger partial charge on any atom is 0.228 e. The predicted molar refractivity (Wildman–Crippen MR) is 118 cm³/mol. The number of nitrogens with zero attached hydrogens (tertiary/aromatic N) is 3. The highest BCUT2D eigenvalue weighted by Gasteiger charge is 2.38. The topological polar surface area (TPSA) is 53.1 Å². The molecule has 0 radical (unpaired) electrons. The maximum atomic E-state index is 13.1. The molecule has 0 saturated carbocycles. The Kier molecular flexibility index (Phi) is 5.93. The lowest BCUT2D eigenvalue weighted by atomic mass is 10.1. The van der Waals surface area contributed by atoms with Crippen molar-refractivity contribution in [1.82, 2.24) is 4.90 Å². The van der Waals surface area contributed by atoms with Crippen molar-refractivity contribution in [3.05, 3.63) is 54.1 Å². The van der Waals surface area contributed by atoms with E-state index in [0.717, 1.165) is 36.6 Å². The van der Waals surface area contributed by atoms with E-state index in [1.54, 1.807) is 12.0 Å². The Balaban J connectivity index is 1.37. The summed E-state index contributed by atoms with van der Waals surface area (Å²) < 4.78 is 5.47. The Morgan fingerprint density at radius 1 is 1.03 bits per heavy atom. The summed E-state index contributed by atoms with van der Waals surface area (Å²) in [6.07, 6.45) is 1.26. The third kappa shape index (κ3) is 3.99. The van der Waals surface area contributed by atoms with Crippen LogP contribution in [-0.2, 0) is 16.0 Å². The number of hydrogen-bond acceptors (Lipinski definition) is 4. The average molecular weight is 408 g/mol. The first-order valence-electron chi connectivity index (χ1n) is 10.7. The third-order valence-corrected chi connectivity index (χ3v) is 6.15. The van der Waals surface area contributed by atoms with Crippen LogP contribution in [0.2, 0.25) is 0 Å². The normalized spacial score (nSPS) is 19.3. The number of amides is 2. The average Bonchev–Trinajstić information content (AvgIpc) is 3.20. The van der Waals surface area contributed by atoms with Crippen molar-refractivity contribution < 1.29 is 14.3 Å². The molecule has 2 aromatic rings. The molecule has 0 spiro atoms. The second kappa shape index (κ2) is 8.78. The van der Waals surface area contributed by atoms with Gasteiger partial charge >= 0.3 is 0 Å². The highest BCUT2D eigenvalue weighted by Crippen LogP contribution is 2.30. The zero-order valence-electron chi connectivity index (χ0n) is 17.7. The number of methoxy groups -OCH3 is 1. The summed E-state index contributed by atoms with van der Waals surface area (Å²) in [4.78, 5) is 31.6. The molecule has 2 aliphatic rings. The van der Waals surface area contributed by atoms with E-state index in [2.05, 4.69) is 24.0 Å². The summed E-state index contributed by atoms with van der Waals surface area (Å²) in [5, 5.41) is 0. The van der Waals surface area contributed by atoms with Gasteiger partial charge in [-0.25, -0.2) is 0 Å². The van der Waals surface area contributed by atoms with Gasteiger partial charge in [-0.2, -0.15) is 0 Å². The number of para-hydroxylation sites is 2. The van der Waals surface area contributed by atoms with Gasteiger partial charge in [-0.3, -0.25) is 9.59 Å². The Hall–Kier alpha value is -3.02. The minimum absolute atomic E-state index is 0.0326. The fourth-order valence-electron chi connectivity index (χ4n) is 4.35. The summed E-state index contributed by atoms with van der Waals surface area (Å²) in [5.74, 6) is 0.713. The molecule has 0 aromatic heterocycles. The van der Waals surface area contributed by atoms with Crippen molar-refractivity contribution in [2.75, 3.05) is 49.6 Å². The Bertz CT molecular complexity index is 904. The third-order valence-electron chi connectivity index (χ3n) is 6.15. The number of rotatable bonds is 5. The first-order chi connectivity index (χ1) is 14.6. The van der Waals surface area contributed by atoms with Gasteiger partial charge in [0, 0.05) is 44.8 Å². The van der Waals surface area contributed by atoms with E-state index >= 15 is 0 Å². The van der Waals surface area contributed by atoms with E-state index in [4.69, 9.17) is 4.74 Å². The van der Waals surface area contributed by atoms with Crippen LogP contribution in [0.25, 0.3) is 0 Å². The lowest BCUT2D eigenvalue weighted by Crippen LogP contribution is -2.50. The van der Waals surface area contributed by atoms with Gasteiger partial charge in [-0.15, -0.1) is 0 Å². The van der Waals surface area contributed by atoms with E-state index in [9.17, 15) is 9.59 Å². The highest BCUT2D eigenvalue weighted by atomic mass is 16.5. The predicted octanol–water partition coefficient (Wildman–Crippen LogP) is 2.96. The van der Waals surface area contributed by atoms with Crippen LogP contribution >= 0.6 is 0 Å². The van der Waals surface area contributed by atoms with E-state index in [1.807, 2.05) is 41.3 Å². The second-order valence-corrected chi connectivity index (χ2v) is 7.91. The van der Waals surface area contributed by atoms with Crippen LogP contribution in [0.5, 0.6) is 5.75 Å². The van der Waals surface area contributed by atoms with Gasteiger partial charge in [0.1, 0.15) is 5.75 Å². The first-order valence-corrected chi connectivity index (χ1v) is 10.7. The van der Waals surface area contributed by atoms with E-state index in [1.165, 1.54) is 5.56 Å². The van der Waals surface area contributed by atoms with Gasteiger partial charge in [0.15, 0.2) is 0 Å². The number of aryl methyl sites for hydroxylation is 1. The van der Waals surface area contributed by atoms with Crippen molar-refractivity contribution in [2.24, 2.45) is 5.92 Å². The molecule has 2 amide bonds. The van der Waals surface area contributed by atoms with Crippen LogP contribution in [0.1, 0.15) is 18.9 Å². The monoisotopic (exact) mass is 407 g/mol. The van der Waals surface area contributed by atoms with Gasteiger partial charge in [-0.05, 0) is 36.2 Å². The summed E-state index contributed by atoms with van der Waals surface area (Å²) >= 11 is 0. The molecule has 2 heterocycles. The SMILES string of the molecule is CCc1ccc(N2C[C@@H](C(=O)N3CCN(c4ccccc4OC)CC3)CC2=O)cc1. The summed E-state index contributed by atoms with van der Waals surface area (Å²) in [6, 6.07) is 16.0. The zero-order valence-corrected chi connectivity index (χ0v) is 17.7. The lowest BCUT2D eigenvalue weighted by molar-refractivity contribution is -0.136. The fraction of sp³-hybridized carbons (Fsp3) is 0.417. The van der Waals surface area contributed by atoms with Crippen molar-refractivity contribution in [3.8, 4) is 5.75 Å². The molecule has 6 heteroatoms. The molecule has 2 aromatic carbocycles. The van der Waals surface area contributed by atoms with Crippen molar-refractivity contribution in [1.29, 1.82) is 0 Å². The zero-order chi connectivity index (χ0) is 21.1. The number of anilines is 2. The molecule has 2 aliphatic heterocycles. The van der Waals surface area contributed by atoms with E-state index in [-0.39, 0.29) is 17.7 Å². The van der Waals surface area contributed by atoms with E-state index < -0.39 is 0 Å². The van der Waals surface area contributed by atoms with Crippen molar-refractivity contribution >= 4 is 23.2 Å². The van der Waals surface area contributed by atoms with Crippen LogP contribution in [0.4, 0.5) is 11.4 Å². The summed E-state index contributed by atoms with van der Waals surface area (Å²) in [7, 11) is 1.68. The molecule has 158 valence electrons. The minimum atomic E-state index is -0.263. The molecule has 0 bridgehead atoms. The first kappa shape index (κ1) is 20.3. The Morgan fingerprint density at radius 3 is 2.40 bits per heavy atom. The number of benzene rings is 2. The molecule has 6 nitrogen and oxygen atoms in total. The molecule has 0 aliphatic carbocycles. The number of ether oxygens (including phenoxy) is 1. The maximum absolute atomic E-state index is 13.1. The van der Waals surface area contributed by atoms with Crippen molar-refractivity contribution in [3.63, 3.8) is 0 Å². The summed E-state index contributed by atoms with van der Waals surface area (Å²) in [6.45, 7) is 5.41. The molecule has 1 atom stereocenters. The molecular formula is C24H29N3O3. The van der Waals surface area contributed by atoms with Crippen LogP contribution in [0.15, 0.2) is 48.5 Å². The molecule has 4 rings (SSSR count). The van der Waals surface area contributed by atoms with Crippen LogP contribution in [0.3, 0.4) is 0 Å². The fourth-order valence-corrected chi connectivity index (χ4v) is 4.35. The van der Waals surface area contributed by atoms with Crippen LogP contribution < -0.4 is 14.5 Å². The smallest absolute Gasteiger partial charge is 0.228 e. The van der Waals surface area contributed by atoms with Gasteiger partial charge in [0.25, 0.3) is 0 Å². The minimum Gasteiger partial charge on any atom is -0.495 e. The Morgan fingerprint density at radius 2 is 1.73 bits per heavy atom. The van der Waals surface area contributed by atoms with Gasteiger partial charge in [0.2, 0.25) is 11.8 Å². The largest absolute Gasteiger partial charge is 0.495 e. The molecule has 0 N–H and O–H groups in total. The van der Waals surface area contributed by atoms with Gasteiger partial charge in [0.05, 0.1) is 18.7 Å². The number of piperazine rings is 1. The van der Waals surface area contributed by atoms with Crippen molar-refractivity contribution in [2.45, 2.75) is 19.8 Å². The number of hydrogen-bond donors (Lipinski definition) is 0. The Labute approximate surface area is 178 Å². The molecule has 2 fully saturated rings. The summed E-state index contributed by atoms with van der Waals surface area (Å²) in [5.41, 5.74) is 3.18. The number of carbonyl (C=O) groups excluding carboxylic acids is 2. The molecule has 30 heavy (non-hydrogen) atoms. The van der Waals surface area contributed by atoms with Gasteiger partial charge in [-0.1, -0.05) is 31.2 Å². The van der Waals surface area contributed by atoms with Crippen LogP contribution in [0, 0.1) is 5.92 Å². The highest BCUT2D eigenvalue weighted by molar-refractivity contribution is 6.00. The quantitative estimate of drug-likeness (QED) is 0.765. The second-order valence-electron chi connectivity index (χ2n) is 7.91. The number of carbonyl (C=O) groups is 2.